The number of carboxylic acids is 1. The highest BCUT2D eigenvalue weighted by Crippen LogP contribution is 2.42. The van der Waals surface area contributed by atoms with Crippen molar-refractivity contribution in [1.82, 2.24) is 4.98 Å². The number of carbonyl (C=O) groups is 9. The minimum Gasteiger partial charge on any atom is -1.00 e. The molecule has 37 nitrogen and oxygen atoms in total. The van der Waals surface area contributed by atoms with Crippen molar-refractivity contribution in [2.45, 2.75) is 198 Å². The molecule has 10 fully saturated rings. The molecule has 8 aromatic rings. The minimum absolute atomic E-state index is 0. The van der Waals surface area contributed by atoms with Crippen molar-refractivity contribution in [3.05, 3.63) is 220 Å². The number of aliphatic carboxylic acids is 1. The number of hydrogen-bond donors (Lipinski definition) is 3. The molecule has 3 N–H and O–H groups in total. The van der Waals surface area contributed by atoms with Gasteiger partial charge in [0.2, 0.25) is 0 Å². The predicted molar refractivity (Wildman–Crippen MR) is 514 cm³/mol. The van der Waals surface area contributed by atoms with Crippen LogP contribution in [0.1, 0.15) is 163 Å². The fourth-order valence-electron chi connectivity index (χ4n) is 13.0. The molecule has 7 aromatic carbocycles. The Bertz CT molecular complexity index is 6480. The van der Waals surface area contributed by atoms with Gasteiger partial charge in [0.1, 0.15) is 0 Å². The number of sulfone groups is 5. The first-order valence-electron chi connectivity index (χ1n) is 44.3. The van der Waals surface area contributed by atoms with Gasteiger partial charge in [-0.3, -0.25) is 24.5 Å². The van der Waals surface area contributed by atoms with Crippen LogP contribution < -0.4 is 10.0 Å². The zero-order valence-electron chi connectivity index (χ0n) is 77.5. The number of Topliss-reactive ketones (excluding diaryl/α,β-unsaturated/α-hetero) is 2. The van der Waals surface area contributed by atoms with Crippen LogP contribution in [-0.4, -0.2) is 257 Å². The van der Waals surface area contributed by atoms with E-state index in [9.17, 15) is 90.3 Å². The molecular formula is C95H103FN6O31S8-2. The molecule has 46 heteroatoms. The van der Waals surface area contributed by atoms with E-state index >= 15 is 0 Å². The van der Waals surface area contributed by atoms with E-state index in [-0.39, 0.29) is 109 Å². The van der Waals surface area contributed by atoms with Gasteiger partial charge in [-0.15, -0.1) is 23.5 Å². The summed E-state index contributed by atoms with van der Waals surface area (Å²) in [6.07, 6.45) is 15.6. The summed E-state index contributed by atoms with van der Waals surface area (Å²) >= 11 is 4.85. The number of anilines is 1. The third-order valence-corrected chi connectivity index (χ3v) is 36.9. The van der Waals surface area contributed by atoms with Crippen molar-refractivity contribution in [2.24, 2.45) is 20.6 Å². The van der Waals surface area contributed by atoms with E-state index in [2.05, 4.69) is 75.5 Å². The number of ether oxygens (including phenoxy) is 7. The fourth-order valence-corrected chi connectivity index (χ4v) is 24.0. The van der Waals surface area contributed by atoms with Crippen LogP contribution in [0.3, 0.4) is 0 Å². The number of carbonyl (C=O) groups excluding carboxylic acids is 8. The molecule has 1 amide bonds. The standard InChI is InChI=1S/C19H19N3O6S2.C16H19NO6S.C15H17NO6S.C12H13NO5S.C12H12O5S.C12H12O3S.C9H10S.FH.H/c23-10-14-9-20-19(29-14)21-18(24)17(22-28-13-7-8-27-11-13)12-1-3-15(4-2-12)30(25,26)16-5-6-16;1-21-16(18)15(17-23-12-8-9-22-10-12)11-2-4-13(5-3-11)24(19,20)14-6-7-14;17-15(18)14(16-22-11-7-8-21-9-11)10-1-3-12(4-2-10)23(19,20)13-5-6-13;1-18-12(14)11(13-15)8-2-4-9(5-3-8)19(16,17)10-6-7-10;1-17-12(14)11(13)8-2-4-9(5-3-8)18(15,16)10-6-7-10;1-15-12(14)11(13)8-2-4-9(5-3-8)16-10-6-7-10;1-2-4-8(5-3-1)10-9-6-7-9;;/h1-4,9-10,13,16H,5-8,11H2,(H,20,21,24);2-5,12,14H,6-10H2,1H3;1-4,11,13H,5-9H2,(H,17,18);2-5,10,15H,6-7H2,1H3;2-5,10H,6-7H2,1H3;2-5,10H,6-7H2,1H3;1-5,9H,6-7H2;1H;/q;;;;;;;;-1/p-1/b22-17+;17-15+;16-14+;13-11+;;;;;/t13-;12-;11-;;;;;;/m111....../s1/i;;;;;;;;1+1. The Balaban J connectivity index is 0.000000173. The molecule has 3 atom stereocenters. The number of amides is 1. The lowest BCUT2D eigenvalue weighted by molar-refractivity contribution is -0.135. The van der Waals surface area contributed by atoms with Crippen molar-refractivity contribution in [3.8, 4) is 0 Å². The van der Waals surface area contributed by atoms with E-state index < -0.39 is 96.5 Å². The summed E-state index contributed by atoms with van der Waals surface area (Å²) in [6.45, 7) is 2.92. The molecule has 7 aliphatic carbocycles. The number of nitrogens with one attached hydrogen (secondary N) is 1. The van der Waals surface area contributed by atoms with Gasteiger partial charge >= 0.3 is 29.8 Å². The van der Waals surface area contributed by atoms with Crippen LogP contribution in [0.15, 0.2) is 237 Å². The van der Waals surface area contributed by atoms with Gasteiger partial charge in [-0.1, -0.05) is 98.7 Å². The van der Waals surface area contributed by atoms with Crippen molar-refractivity contribution >= 4 is 166 Å². The zero-order valence-corrected chi connectivity index (χ0v) is 83.1. The number of oxime groups is 4. The first-order chi connectivity index (χ1) is 67.1. The van der Waals surface area contributed by atoms with Crippen molar-refractivity contribution < 1.29 is 149 Å². The second-order valence-corrected chi connectivity index (χ2v) is 47.9. The number of nitrogens with zero attached hydrogens (tertiary/aromatic N) is 5. The van der Waals surface area contributed by atoms with E-state index in [1.807, 2.05) is 35.7 Å². The molecule has 7 saturated carbocycles. The third-order valence-electron chi connectivity index (χ3n) is 22.0. The summed E-state index contributed by atoms with van der Waals surface area (Å²) in [6, 6.07) is 46.5. The average Bonchev–Trinajstić information content (AvgIpc) is 1.59. The molecule has 3 saturated heterocycles. The number of thioether (sulfide) groups is 2. The van der Waals surface area contributed by atoms with Crippen molar-refractivity contribution in [3.63, 3.8) is 0 Å². The second-order valence-electron chi connectivity index (χ2n) is 32.9. The van der Waals surface area contributed by atoms with Crippen molar-refractivity contribution in [1.29, 1.82) is 0 Å². The molecule has 10 aliphatic rings. The largest absolute Gasteiger partial charge is 1.00 e. The number of thiazole rings is 1. The van der Waals surface area contributed by atoms with Crippen LogP contribution in [-0.2, 0) is 126 Å². The number of aldehydes is 1. The first-order valence-corrected chi connectivity index (χ1v) is 54.6. The highest BCUT2D eigenvalue weighted by atomic mass is 32.2. The molecule has 18 rings (SSSR count). The Morgan fingerprint density at radius 3 is 0.972 bits per heavy atom. The Kier molecular flexibility index (Phi) is 39.4. The summed E-state index contributed by atoms with van der Waals surface area (Å²) in [4.78, 5) is 127. The summed E-state index contributed by atoms with van der Waals surface area (Å²) < 4.78 is 155. The molecule has 0 radical (unpaired) electrons. The van der Waals surface area contributed by atoms with Gasteiger partial charge < -0.3 is 64.1 Å². The molecule has 1 aromatic heterocycles. The fraction of sp³-hybridized carbons (Fsp3) is 0.389. The minimum atomic E-state index is -3.33. The molecule has 141 heavy (non-hydrogen) atoms. The maximum absolute atomic E-state index is 12.8. The summed E-state index contributed by atoms with van der Waals surface area (Å²) in [5, 5.41) is 35.6. The average molecular weight is 2100 g/mol. The van der Waals surface area contributed by atoms with E-state index in [1.165, 1.54) is 167 Å². The lowest BCUT2D eigenvalue weighted by Gasteiger charge is -2.10. The third kappa shape index (κ3) is 31.6. The first kappa shape index (κ1) is 110. The molecule has 4 heterocycles. The van der Waals surface area contributed by atoms with Gasteiger partial charge in [-0.2, -0.15) is 0 Å². The second kappa shape index (κ2) is 50.7. The van der Waals surface area contributed by atoms with Gasteiger partial charge in [0, 0.05) is 72.9 Å². The van der Waals surface area contributed by atoms with E-state index in [4.69, 9.17) is 38.7 Å². The predicted octanol–water partition coefficient (Wildman–Crippen LogP) is 8.87. The van der Waals surface area contributed by atoms with Crippen LogP contribution in [0, 0.1) is 0 Å². The number of rotatable bonds is 34. The Morgan fingerprint density at radius 1 is 0.390 bits per heavy atom. The highest BCUT2D eigenvalue weighted by Gasteiger charge is 2.42. The lowest BCUT2D eigenvalue weighted by Crippen LogP contribution is -3.00. The van der Waals surface area contributed by atoms with Gasteiger partial charge in [0.05, 0.1) is 130 Å². The van der Waals surface area contributed by atoms with Crippen LogP contribution in [0.4, 0.5) is 5.13 Å². The molecule has 3 aliphatic heterocycles. The number of hydrogen-bond acceptors (Lipinski definition) is 38. The topological polar surface area (TPSA) is 531 Å². The number of carboxylic acid groups (broad SMARTS) is 1. The van der Waals surface area contributed by atoms with Crippen LogP contribution in [0.5, 0.6) is 0 Å². The number of methoxy groups -OCH3 is 4. The SMILES string of the molecule is COC(=O)/C(=N/O)c1ccc(S(=O)(=O)C2CC2)cc1.COC(=O)/C(=N/O[C@@H]1CCOC1)c1ccc(S(=O)(=O)C2CC2)cc1.COC(=O)C(=O)c1ccc(S(=O)(=O)C2CC2)cc1.COC(=O)C(=O)c1ccc(SC2CC2)cc1.O=C(O)/C(=N/O[C@@H]1CCOC1)c1ccc(S(=O)(=O)C2CC2)cc1.O=Cc1cnc(NC(=O)/C(=N/O[C@@H]2CCOC2)c2ccc(S(=O)(=O)C3CC3)cc2)s1.[2H-].[F-].c1ccc(SC2CC2)cc1. The molecule has 0 unspecified atom stereocenters. The van der Waals surface area contributed by atoms with E-state index in [1.54, 1.807) is 24.3 Å². The number of aromatic nitrogens is 1. The Hall–Kier alpha value is -11.9. The van der Waals surface area contributed by atoms with Gasteiger partial charge in [-0.25, -0.2) is 71.0 Å². The van der Waals surface area contributed by atoms with Gasteiger partial charge in [0.25, 0.3) is 17.5 Å². The number of ketones is 2. The molecule has 0 bridgehead atoms. The lowest BCUT2D eigenvalue weighted by atomic mass is 10.1. The Morgan fingerprint density at radius 2 is 0.681 bits per heavy atom. The summed E-state index contributed by atoms with van der Waals surface area (Å²) in [5.74, 6) is -6.42. The normalized spacial score (nSPS) is 18.4. The van der Waals surface area contributed by atoms with Crippen molar-refractivity contribution in [2.75, 3.05) is 73.4 Å². The van der Waals surface area contributed by atoms with Crippen LogP contribution >= 0.6 is 34.9 Å². The summed E-state index contributed by atoms with van der Waals surface area (Å²) in [5.41, 5.74) is 1.38. The number of esters is 4. The molecular weight excluding hydrogens is 2000 g/mol. The smallest absolute Gasteiger partial charge is 0.379 e. The van der Waals surface area contributed by atoms with Gasteiger partial charge in [0.15, 0.2) is 102 Å². The number of benzene rings is 7. The van der Waals surface area contributed by atoms with Gasteiger partial charge in [-0.05, 0) is 199 Å². The monoisotopic (exact) mass is 2100 g/mol. The zero-order chi connectivity index (χ0) is 100. The Labute approximate surface area is 827 Å². The highest BCUT2D eigenvalue weighted by molar-refractivity contribution is 8.00. The number of halogens is 1. The van der Waals surface area contributed by atoms with Crippen LogP contribution in [0.25, 0.3) is 0 Å². The quantitative estimate of drug-likeness (QED) is 0.00495. The summed E-state index contributed by atoms with van der Waals surface area (Å²) in [7, 11) is -11.7. The molecule has 756 valence electrons. The molecule has 0 spiro atoms. The van der Waals surface area contributed by atoms with E-state index in [0.29, 0.717) is 162 Å². The van der Waals surface area contributed by atoms with E-state index in [0.717, 1.165) is 33.8 Å². The maximum atomic E-state index is 12.8. The van der Waals surface area contributed by atoms with Crippen LogP contribution in [0.2, 0.25) is 0 Å². The maximum Gasteiger partial charge on any atom is 0.379 e.